The standard InChI is InChI=1S/C14H20N4O3/c1-2-5-16-6-8-17(9-7-16)13-4-3-11(18(20)21)10-12(13)14(15)19/h3-4,10H,2,5-9H2,1H3,(H2,15,19). The molecule has 1 aromatic rings. The Kier molecular flexibility index (Phi) is 4.74. The molecule has 1 aromatic carbocycles. The molecule has 1 fully saturated rings. The van der Waals surface area contributed by atoms with E-state index in [-0.39, 0.29) is 11.3 Å². The second kappa shape index (κ2) is 6.53. The number of nitrogens with two attached hydrogens (primary N) is 1. The molecule has 2 rings (SSSR count). The predicted molar refractivity (Wildman–Crippen MR) is 80.6 cm³/mol. The molecule has 0 aliphatic carbocycles. The maximum atomic E-state index is 11.6. The van der Waals surface area contributed by atoms with Crippen LogP contribution in [-0.2, 0) is 0 Å². The van der Waals surface area contributed by atoms with E-state index in [0.717, 1.165) is 39.1 Å². The van der Waals surface area contributed by atoms with E-state index < -0.39 is 10.8 Å². The van der Waals surface area contributed by atoms with Gasteiger partial charge in [-0.05, 0) is 19.0 Å². The van der Waals surface area contributed by atoms with Gasteiger partial charge in [-0.1, -0.05) is 6.92 Å². The van der Waals surface area contributed by atoms with Crippen LogP contribution in [0.4, 0.5) is 11.4 Å². The third-order valence-corrected chi connectivity index (χ3v) is 3.71. The largest absolute Gasteiger partial charge is 0.368 e. The van der Waals surface area contributed by atoms with Gasteiger partial charge >= 0.3 is 0 Å². The van der Waals surface area contributed by atoms with Crippen LogP contribution in [0.2, 0.25) is 0 Å². The van der Waals surface area contributed by atoms with Gasteiger partial charge in [0.2, 0.25) is 0 Å². The number of anilines is 1. The Balaban J connectivity index is 2.20. The molecule has 1 heterocycles. The van der Waals surface area contributed by atoms with Crippen molar-refractivity contribution in [3.8, 4) is 0 Å². The van der Waals surface area contributed by atoms with Crippen LogP contribution in [0.15, 0.2) is 18.2 Å². The molecule has 1 saturated heterocycles. The minimum atomic E-state index is -0.635. The van der Waals surface area contributed by atoms with E-state index in [0.29, 0.717) is 5.69 Å². The predicted octanol–water partition coefficient (Wildman–Crippen LogP) is 1.23. The summed E-state index contributed by atoms with van der Waals surface area (Å²) in [6, 6.07) is 4.30. The number of benzene rings is 1. The van der Waals surface area contributed by atoms with Crippen LogP contribution in [0.25, 0.3) is 0 Å². The topological polar surface area (TPSA) is 92.7 Å². The molecule has 0 radical (unpaired) electrons. The average molecular weight is 292 g/mol. The average Bonchev–Trinajstić information content (AvgIpc) is 2.47. The summed E-state index contributed by atoms with van der Waals surface area (Å²) in [5, 5.41) is 10.8. The van der Waals surface area contributed by atoms with Crippen LogP contribution in [-0.4, -0.2) is 48.5 Å². The van der Waals surface area contributed by atoms with Crippen LogP contribution < -0.4 is 10.6 Å². The van der Waals surface area contributed by atoms with E-state index in [4.69, 9.17) is 5.73 Å². The molecule has 7 nitrogen and oxygen atoms in total. The number of nitro groups is 1. The highest BCUT2D eigenvalue weighted by molar-refractivity contribution is 5.99. The van der Waals surface area contributed by atoms with Gasteiger partial charge in [0.1, 0.15) is 0 Å². The lowest BCUT2D eigenvalue weighted by Crippen LogP contribution is -2.47. The van der Waals surface area contributed by atoms with Gasteiger partial charge in [0.25, 0.3) is 11.6 Å². The SMILES string of the molecule is CCCN1CCN(c2ccc([N+](=O)[O-])cc2C(N)=O)CC1. The highest BCUT2D eigenvalue weighted by atomic mass is 16.6. The maximum Gasteiger partial charge on any atom is 0.270 e. The molecule has 0 atom stereocenters. The number of carbonyl (C=O) groups is 1. The van der Waals surface area contributed by atoms with Crippen molar-refractivity contribution in [3.05, 3.63) is 33.9 Å². The van der Waals surface area contributed by atoms with E-state index in [9.17, 15) is 14.9 Å². The Morgan fingerprint density at radius 3 is 2.52 bits per heavy atom. The van der Waals surface area contributed by atoms with Gasteiger partial charge < -0.3 is 10.6 Å². The lowest BCUT2D eigenvalue weighted by atomic mass is 10.1. The molecule has 1 aliphatic heterocycles. The van der Waals surface area contributed by atoms with Crippen LogP contribution >= 0.6 is 0 Å². The fourth-order valence-corrected chi connectivity index (χ4v) is 2.64. The number of piperazine rings is 1. The number of carbonyl (C=O) groups excluding carboxylic acids is 1. The highest BCUT2D eigenvalue weighted by Crippen LogP contribution is 2.26. The van der Waals surface area contributed by atoms with E-state index in [1.165, 1.54) is 12.1 Å². The minimum absolute atomic E-state index is 0.114. The molecule has 1 aliphatic rings. The zero-order valence-corrected chi connectivity index (χ0v) is 12.1. The fourth-order valence-electron chi connectivity index (χ4n) is 2.64. The fraction of sp³-hybridized carbons (Fsp3) is 0.500. The van der Waals surface area contributed by atoms with E-state index in [1.807, 2.05) is 0 Å². The summed E-state index contributed by atoms with van der Waals surface area (Å²) in [6.07, 6.45) is 1.12. The Hall–Kier alpha value is -2.15. The molecule has 2 N–H and O–H groups in total. The lowest BCUT2D eigenvalue weighted by molar-refractivity contribution is -0.384. The van der Waals surface area contributed by atoms with Crippen molar-refractivity contribution in [1.82, 2.24) is 4.90 Å². The number of non-ortho nitro benzene ring substituents is 1. The van der Waals surface area contributed by atoms with Crippen molar-refractivity contribution in [1.29, 1.82) is 0 Å². The van der Waals surface area contributed by atoms with Gasteiger partial charge in [-0.15, -0.1) is 0 Å². The zero-order chi connectivity index (χ0) is 15.4. The number of amides is 1. The van der Waals surface area contributed by atoms with E-state index >= 15 is 0 Å². The van der Waals surface area contributed by atoms with Crippen molar-refractivity contribution < 1.29 is 9.72 Å². The summed E-state index contributed by atoms with van der Waals surface area (Å²) in [5.74, 6) is -0.635. The first-order valence-corrected chi connectivity index (χ1v) is 7.08. The first-order valence-electron chi connectivity index (χ1n) is 7.08. The first-order chi connectivity index (χ1) is 10.0. The molecule has 0 saturated carbocycles. The molecule has 1 amide bonds. The van der Waals surface area contributed by atoms with Crippen LogP contribution in [0.5, 0.6) is 0 Å². The minimum Gasteiger partial charge on any atom is -0.368 e. The summed E-state index contributed by atoms with van der Waals surface area (Å²) >= 11 is 0. The van der Waals surface area contributed by atoms with Gasteiger partial charge in [0.05, 0.1) is 16.2 Å². The summed E-state index contributed by atoms with van der Waals surface area (Å²) in [5.41, 5.74) is 6.15. The van der Waals surface area contributed by atoms with Crippen molar-refractivity contribution in [3.63, 3.8) is 0 Å². The number of hydrogen-bond acceptors (Lipinski definition) is 5. The molecular formula is C14H20N4O3. The normalized spacial score (nSPS) is 16.0. The second-order valence-electron chi connectivity index (χ2n) is 5.15. The van der Waals surface area contributed by atoms with Crippen molar-refractivity contribution in [2.24, 2.45) is 5.73 Å². The first kappa shape index (κ1) is 15.2. The Bertz CT molecular complexity index is 539. The number of nitro benzene ring substituents is 1. The van der Waals surface area contributed by atoms with Gasteiger partial charge in [-0.3, -0.25) is 19.8 Å². The van der Waals surface area contributed by atoms with E-state index in [1.54, 1.807) is 6.07 Å². The smallest absolute Gasteiger partial charge is 0.270 e. The van der Waals surface area contributed by atoms with Crippen LogP contribution in [0.3, 0.4) is 0 Å². The van der Waals surface area contributed by atoms with Crippen LogP contribution in [0.1, 0.15) is 23.7 Å². The third kappa shape index (κ3) is 3.49. The third-order valence-electron chi connectivity index (χ3n) is 3.71. The van der Waals surface area contributed by atoms with Crippen molar-refractivity contribution >= 4 is 17.3 Å². The number of rotatable bonds is 5. The molecule has 0 unspecified atom stereocenters. The summed E-state index contributed by atoms with van der Waals surface area (Å²) in [4.78, 5) is 26.3. The Labute approximate surface area is 123 Å². The van der Waals surface area contributed by atoms with Gasteiger partial charge in [0.15, 0.2) is 0 Å². The maximum absolute atomic E-state index is 11.6. The van der Waals surface area contributed by atoms with Crippen molar-refractivity contribution in [2.45, 2.75) is 13.3 Å². The number of primary amides is 1. The molecule has 21 heavy (non-hydrogen) atoms. The lowest BCUT2D eigenvalue weighted by Gasteiger charge is -2.36. The van der Waals surface area contributed by atoms with Crippen molar-refractivity contribution in [2.75, 3.05) is 37.6 Å². The number of nitrogens with zero attached hydrogens (tertiary/aromatic N) is 3. The van der Waals surface area contributed by atoms with Gasteiger partial charge in [-0.2, -0.15) is 0 Å². The van der Waals surface area contributed by atoms with Crippen LogP contribution in [0, 0.1) is 10.1 Å². The molecule has 0 aromatic heterocycles. The van der Waals surface area contributed by atoms with Gasteiger partial charge in [-0.25, -0.2) is 0 Å². The molecular weight excluding hydrogens is 272 g/mol. The molecule has 0 bridgehead atoms. The second-order valence-corrected chi connectivity index (χ2v) is 5.15. The summed E-state index contributed by atoms with van der Waals surface area (Å²) in [6.45, 7) is 6.63. The summed E-state index contributed by atoms with van der Waals surface area (Å²) in [7, 11) is 0. The Morgan fingerprint density at radius 2 is 2.00 bits per heavy atom. The highest BCUT2D eigenvalue weighted by Gasteiger charge is 2.22. The molecule has 7 heteroatoms. The number of hydrogen-bond donors (Lipinski definition) is 1. The Morgan fingerprint density at radius 1 is 1.33 bits per heavy atom. The van der Waals surface area contributed by atoms with E-state index in [2.05, 4.69) is 16.7 Å². The monoisotopic (exact) mass is 292 g/mol. The quantitative estimate of drug-likeness (QED) is 0.650. The molecule has 0 spiro atoms. The summed E-state index contributed by atoms with van der Waals surface area (Å²) < 4.78 is 0. The zero-order valence-electron chi connectivity index (χ0n) is 12.1. The molecule has 114 valence electrons. The van der Waals surface area contributed by atoms with Gasteiger partial charge in [0, 0.05) is 38.3 Å².